The van der Waals surface area contributed by atoms with Crippen LogP contribution in [0.2, 0.25) is 10.0 Å². The molecule has 0 radical (unpaired) electrons. The van der Waals surface area contributed by atoms with Gasteiger partial charge in [-0.05, 0) is 62.0 Å². The van der Waals surface area contributed by atoms with Crippen LogP contribution in [-0.2, 0) is 6.54 Å². The number of nitrogens with zero attached hydrogens (tertiary/aromatic N) is 1. The van der Waals surface area contributed by atoms with Crippen molar-refractivity contribution in [1.29, 1.82) is 0 Å². The predicted octanol–water partition coefficient (Wildman–Crippen LogP) is 6.00. The van der Waals surface area contributed by atoms with Crippen LogP contribution in [0.1, 0.15) is 47.2 Å². The maximum absolute atomic E-state index is 11.4. The summed E-state index contributed by atoms with van der Waals surface area (Å²) >= 11 is 12.1. The van der Waals surface area contributed by atoms with Crippen LogP contribution >= 0.6 is 35.6 Å². The highest BCUT2D eigenvalue weighted by molar-refractivity contribution is 6.42. The normalized spacial score (nSPS) is 15.6. The van der Waals surface area contributed by atoms with Crippen LogP contribution in [0.25, 0.3) is 0 Å². The van der Waals surface area contributed by atoms with E-state index in [1.807, 2.05) is 30.3 Å². The van der Waals surface area contributed by atoms with Crippen molar-refractivity contribution in [2.45, 2.75) is 32.2 Å². The first-order valence-electron chi connectivity index (χ1n) is 8.30. The van der Waals surface area contributed by atoms with Crippen LogP contribution in [0.3, 0.4) is 0 Å². The lowest BCUT2D eigenvalue weighted by atomic mass is 9.88. The lowest BCUT2D eigenvalue weighted by Gasteiger charge is -2.32. The molecular weight excluding hydrogens is 377 g/mol. The molecule has 5 heteroatoms. The number of halogens is 3. The van der Waals surface area contributed by atoms with E-state index in [0.717, 1.165) is 38.0 Å². The zero-order valence-electron chi connectivity index (χ0n) is 14.2. The molecule has 2 aromatic carbocycles. The van der Waals surface area contributed by atoms with Gasteiger partial charge >= 0.3 is 0 Å². The topological polar surface area (TPSA) is 20.3 Å². The Kier molecular flexibility index (Phi) is 7.33. The number of carbonyl (C=O) groups excluding carboxylic acids is 1. The summed E-state index contributed by atoms with van der Waals surface area (Å²) in [6, 6.07) is 14.0. The van der Waals surface area contributed by atoms with Gasteiger partial charge in [-0.15, -0.1) is 12.4 Å². The number of hydrogen-bond acceptors (Lipinski definition) is 2. The maximum atomic E-state index is 11.4. The zero-order chi connectivity index (χ0) is 17.1. The molecule has 0 bridgehead atoms. The Morgan fingerprint density at radius 3 is 2.24 bits per heavy atom. The fraction of sp³-hybridized carbons (Fsp3) is 0.350. The average molecular weight is 399 g/mol. The number of hydrogen-bond donors (Lipinski definition) is 0. The first kappa shape index (κ1) is 20.3. The zero-order valence-corrected chi connectivity index (χ0v) is 16.5. The summed E-state index contributed by atoms with van der Waals surface area (Å²) < 4.78 is 0. The fourth-order valence-electron chi connectivity index (χ4n) is 3.31. The highest BCUT2D eigenvalue weighted by Crippen LogP contribution is 2.29. The molecule has 1 heterocycles. The molecule has 0 N–H and O–H groups in total. The number of likely N-dealkylation sites (tertiary alicyclic amines) is 1. The minimum atomic E-state index is 0. The Balaban J connectivity index is 0.00000225. The van der Waals surface area contributed by atoms with E-state index < -0.39 is 0 Å². The number of ketones is 1. The number of rotatable bonds is 4. The summed E-state index contributed by atoms with van der Waals surface area (Å²) in [5.41, 5.74) is 3.33. The van der Waals surface area contributed by atoms with Gasteiger partial charge < -0.3 is 0 Å². The Morgan fingerprint density at radius 2 is 1.68 bits per heavy atom. The van der Waals surface area contributed by atoms with E-state index >= 15 is 0 Å². The molecule has 1 fully saturated rings. The highest BCUT2D eigenvalue weighted by atomic mass is 35.5. The molecule has 1 saturated heterocycles. The lowest BCUT2D eigenvalue weighted by molar-refractivity contribution is 0.101. The van der Waals surface area contributed by atoms with Crippen LogP contribution in [0, 0.1) is 0 Å². The third kappa shape index (κ3) is 5.21. The minimum Gasteiger partial charge on any atom is -0.299 e. The second kappa shape index (κ2) is 9.05. The molecule has 0 atom stereocenters. The van der Waals surface area contributed by atoms with E-state index in [0.29, 0.717) is 16.0 Å². The van der Waals surface area contributed by atoms with Gasteiger partial charge in [-0.3, -0.25) is 9.69 Å². The van der Waals surface area contributed by atoms with E-state index in [1.165, 1.54) is 11.1 Å². The summed E-state index contributed by atoms with van der Waals surface area (Å²) in [7, 11) is 0. The second-order valence-electron chi connectivity index (χ2n) is 6.48. The molecule has 0 amide bonds. The summed E-state index contributed by atoms with van der Waals surface area (Å²) in [5, 5.41) is 1.22. The van der Waals surface area contributed by atoms with Crippen molar-refractivity contribution in [1.82, 2.24) is 4.90 Å². The summed E-state index contributed by atoms with van der Waals surface area (Å²) in [6.45, 7) is 4.65. The van der Waals surface area contributed by atoms with Gasteiger partial charge in [0.05, 0.1) is 10.0 Å². The Labute approximate surface area is 165 Å². The predicted molar refractivity (Wildman–Crippen MR) is 107 cm³/mol. The molecule has 1 aliphatic rings. The molecule has 2 nitrogen and oxygen atoms in total. The number of Topliss-reactive ketones (excluding diaryl/α,β-unsaturated/α-hetero) is 1. The maximum Gasteiger partial charge on any atom is 0.159 e. The first-order chi connectivity index (χ1) is 11.5. The number of piperidine rings is 1. The van der Waals surface area contributed by atoms with Crippen LogP contribution in [0.15, 0.2) is 42.5 Å². The van der Waals surface area contributed by atoms with Crippen molar-refractivity contribution in [2.75, 3.05) is 13.1 Å². The summed E-state index contributed by atoms with van der Waals surface area (Å²) in [6.07, 6.45) is 2.28. The Morgan fingerprint density at radius 1 is 1.04 bits per heavy atom. The molecule has 0 aromatic heterocycles. The van der Waals surface area contributed by atoms with Crippen molar-refractivity contribution in [3.05, 3.63) is 69.2 Å². The molecule has 0 saturated carbocycles. The third-order valence-electron chi connectivity index (χ3n) is 4.77. The molecule has 3 rings (SSSR count). The molecule has 0 aliphatic carbocycles. The standard InChI is InChI=1S/C20H21Cl2NO.ClH/c1-14(24)16-3-5-17(6-4-16)18-8-10-23(11-9-18)13-15-2-7-19(21)20(22)12-15;/h2-7,12,18H,8-11,13H2,1H3;1H. The van der Waals surface area contributed by atoms with Gasteiger partial charge in [-0.2, -0.15) is 0 Å². The molecule has 2 aromatic rings. The van der Waals surface area contributed by atoms with Crippen LogP contribution < -0.4 is 0 Å². The van der Waals surface area contributed by atoms with E-state index in [4.69, 9.17) is 23.2 Å². The number of benzene rings is 2. The minimum absolute atomic E-state index is 0. The fourth-order valence-corrected chi connectivity index (χ4v) is 3.63. The smallest absolute Gasteiger partial charge is 0.159 e. The van der Waals surface area contributed by atoms with E-state index in [-0.39, 0.29) is 18.2 Å². The Bertz CT molecular complexity index is 722. The van der Waals surface area contributed by atoms with E-state index in [2.05, 4.69) is 17.0 Å². The average Bonchev–Trinajstić information content (AvgIpc) is 2.59. The van der Waals surface area contributed by atoms with Crippen molar-refractivity contribution < 1.29 is 4.79 Å². The molecule has 134 valence electrons. The van der Waals surface area contributed by atoms with E-state index in [1.54, 1.807) is 6.92 Å². The molecule has 1 aliphatic heterocycles. The Hall–Kier alpha value is -1.06. The quantitative estimate of drug-likeness (QED) is 0.589. The second-order valence-corrected chi connectivity index (χ2v) is 7.29. The van der Waals surface area contributed by atoms with Crippen molar-refractivity contribution in [3.63, 3.8) is 0 Å². The van der Waals surface area contributed by atoms with Crippen molar-refractivity contribution in [3.8, 4) is 0 Å². The van der Waals surface area contributed by atoms with Gasteiger partial charge in [0.2, 0.25) is 0 Å². The van der Waals surface area contributed by atoms with Crippen LogP contribution in [0.4, 0.5) is 0 Å². The van der Waals surface area contributed by atoms with Crippen molar-refractivity contribution >= 4 is 41.4 Å². The molecule has 25 heavy (non-hydrogen) atoms. The van der Waals surface area contributed by atoms with E-state index in [9.17, 15) is 4.79 Å². The molecule has 0 spiro atoms. The molecular formula is C20H22Cl3NO. The van der Waals surface area contributed by atoms with Gasteiger partial charge in [-0.25, -0.2) is 0 Å². The SMILES string of the molecule is CC(=O)c1ccc(C2CCN(Cc3ccc(Cl)c(Cl)c3)CC2)cc1.Cl. The van der Waals surface area contributed by atoms with Gasteiger partial charge in [-0.1, -0.05) is 53.5 Å². The monoisotopic (exact) mass is 397 g/mol. The van der Waals surface area contributed by atoms with Gasteiger partial charge in [0.25, 0.3) is 0 Å². The van der Waals surface area contributed by atoms with Gasteiger partial charge in [0.1, 0.15) is 0 Å². The highest BCUT2D eigenvalue weighted by Gasteiger charge is 2.20. The number of carbonyl (C=O) groups is 1. The van der Waals surface area contributed by atoms with Crippen LogP contribution in [-0.4, -0.2) is 23.8 Å². The van der Waals surface area contributed by atoms with Gasteiger partial charge in [0, 0.05) is 12.1 Å². The first-order valence-corrected chi connectivity index (χ1v) is 9.05. The third-order valence-corrected chi connectivity index (χ3v) is 5.51. The largest absolute Gasteiger partial charge is 0.299 e. The molecule has 0 unspecified atom stereocenters. The lowest BCUT2D eigenvalue weighted by Crippen LogP contribution is -2.32. The summed E-state index contributed by atoms with van der Waals surface area (Å²) in [4.78, 5) is 13.8. The van der Waals surface area contributed by atoms with Gasteiger partial charge in [0.15, 0.2) is 5.78 Å². The van der Waals surface area contributed by atoms with Crippen LogP contribution in [0.5, 0.6) is 0 Å². The van der Waals surface area contributed by atoms with Crippen molar-refractivity contribution in [2.24, 2.45) is 0 Å². The summed E-state index contributed by atoms with van der Waals surface area (Å²) in [5.74, 6) is 0.703.